The van der Waals surface area contributed by atoms with Crippen molar-refractivity contribution in [3.05, 3.63) is 35.4 Å². The number of halogens is 3. The third-order valence-corrected chi connectivity index (χ3v) is 3.76. The average Bonchev–Trinajstić information content (AvgIpc) is 2.76. The Morgan fingerprint density at radius 1 is 1.33 bits per heavy atom. The second-order valence-electron chi connectivity index (χ2n) is 4.52. The third-order valence-electron chi connectivity index (χ3n) is 3.36. The molecule has 2 unspecified atom stereocenters. The van der Waals surface area contributed by atoms with Gasteiger partial charge in [0.1, 0.15) is 17.2 Å². The maximum atomic E-state index is 13.4. The molecule has 1 aliphatic carbocycles. The zero-order valence-electron chi connectivity index (χ0n) is 9.76. The van der Waals surface area contributed by atoms with Crippen LogP contribution in [0.3, 0.4) is 0 Å². The van der Waals surface area contributed by atoms with Gasteiger partial charge in [-0.2, -0.15) is 0 Å². The minimum Gasteiger partial charge on any atom is -0.349 e. The molecule has 98 valence electrons. The monoisotopic (exact) mass is 273 g/mol. The number of alkyl halides is 1. The summed E-state index contributed by atoms with van der Waals surface area (Å²) in [6.07, 6.45) is 2.72. The van der Waals surface area contributed by atoms with Gasteiger partial charge in [-0.3, -0.25) is 4.79 Å². The zero-order chi connectivity index (χ0) is 13.1. The van der Waals surface area contributed by atoms with Gasteiger partial charge in [-0.05, 0) is 30.9 Å². The van der Waals surface area contributed by atoms with E-state index in [-0.39, 0.29) is 12.0 Å². The molecule has 0 spiro atoms. The molecular weight excluding hydrogens is 260 g/mol. The first-order valence-corrected chi connectivity index (χ1v) is 6.47. The van der Waals surface area contributed by atoms with E-state index in [0.717, 1.165) is 31.4 Å². The van der Waals surface area contributed by atoms with Gasteiger partial charge < -0.3 is 5.32 Å². The zero-order valence-corrected chi connectivity index (χ0v) is 10.5. The van der Waals surface area contributed by atoms with Crippen molar-refractivity contribution in [1.82, 2.24) is 5.32 Å². The van der Waals surface area contributed by atoms with Crippen LogP contribution in [0.25, 0.3) is 0 Å². The van der Waals surface area contributed by atoms with Gasteiger partial charge in [-0.15, -0.1) is 11.6 Å². The van der Waals surface area contributed by atoms with Crippen molar-refractivity contribution in [3.63, 3.8) is 0 Å². The smallest absolute Gasteiger partial charge is 0.257 e. The molecule has 1 saturated carbocycles. The van der Waals surface area contributed by atoms with Crippen molar-refractivity contribution in [2.24, 2.45) is 5.92 Å². The lowest BCUT2D eigenvalue weighted by Crippen LogP contribution is -2.38. The van der Waals surface area contributed by atoms with Crippen molar-refractivity contribution in [2.45, 2.75) is 25.3 Å². The van der Waals surface area contributed by atoms with Crippen LogP contribution in [0.1, 0.15) is 29.6 Å². The molecule has 5 heteroatoms. The number of amides is 1. The molecule has 2 atom stereocenters. The Labute approximate surface area is 109 Å². The van der Waals surface area contributed by atoms with Gasteiger partial charge >= 0.3 is 0 Å². The fraction of sp³-hybridized carbons (Fsp3) is 0.462. The molecule has 0 heterocycles. The predicted octanol–water partition coefficient (Wildman–Crippen LogP) is 3.10. The van der Waals surface area contributed by atoms with E-state index in [0.29, 0.717) is 5.88 Å². The van der Waals surface area contributed by atoms with Crippen LogP contribution in [0, 0.1) is 17.6 Å². The minimum absolute atomic E-state index is 0.0889. The highest BCUT2D eigenvalue weighted by atomic mass is 35.5. The number of hydrogen-bond acceptors (Lipinski definition) is 1. The van der Waals surface area contributed by atoms with Gasteiger partial charge in [0.05, 0.1) is 0 Å². The van der Waals surface area contributed by atoms with Crippen LogP contribution in [0.2, 0.25) is 0 Å². The van der Waals surface area contributed by atoms with E-state index in [1.807, 2.05) is 0 Å². The van der Waals surface area contributed by atoms with Crippen LogP contribution in [0.4, 0.5) is 8.78 Å². The number of carbonyl (C=O) groups is 1. The Balaban J connectivity index is 2.12. The van der Waals surface area contributed by atoms with Gasteiger partial charge in [0.15, 0.2) is 0 Å². The molecular formula is C13H14ClF2NO. The lowest BCUT2D eigenvalue weighted by Gasteiger charge is -2.19. The number of nitrogens with one attached hydrogen (secondary N) is 1. The quantitative estimate of drug-likeness (QED) is 0.843. The molecule has 1 amide bonds. The van der Waals surface area contributed by atoms with Crippen molar-refractivity contribution in [1.29, 1.82) is 0 Å². The molecule has 1 aromatic rings. The molecule has 1 aromatic carbocycles. The summed E-state index contributed by atoms with van der Waals surface area (Å²) in [5.74, 6) is -1.75. The number of rotatable bonds is 3. The summed E-state index contributed by atoms with van der Waals surface area (Å²) in [5, 5.41) is 2.67. The Morgan fingerprint density at radius 2 is 2.00 bits per heavy atom. The Morgan fingerprint density at radius 3 is 2.61 bits per heavy atom. The fourth-order valence-electron chi connectivity index (χ4n) is 2.37. The van der Waals surface area contributed by atoms with Crippen molar-refractivity contribution >= 4 is 17.5 Å². The van der Waals surface area contributed by atoms with E-state index in [2.05, 4.69) is 5.32 Å². The molecule has 0 aromatic heterocycles. The average molecular weight is 274 g/mol. The molecule has 0 bridgehead atoms. The van der Waals surface area contributed by atoms with Crippen LogP contribution in [0.5, 0.6) is 0 Å². The van der Waals surface area contributed by atoms with Gasteiger partial charge in [-0.1, -0.05) is 12.5 Å². The van der Waals surface area contributed by atoms with E-state index in [4.69, 9.17) is 11.6 Å². The summed E-state index contributed by atoms with van der Waals surface area (Å²) in [5.41, 5.74) is -0.516. The van der Waals surface area contributed by atoms with E-state index < -0.39 is 23.1 Å². The van der Waals surface area contributed by atoms with Crippen LogP contribution >= 0.6 is 11.6 Å². The molecule has 2 rings (SSSR count). The molecule has 1 fully saturated rings. The van der Waals surface area contributed by atoms with Crippen molar-refractivity contribution in [3.8, 4) is 0 Å². The minimum atomic E-state index is -0.840. The summed E-state index contributed by atoms with van der Waals surface area (Å²) in [6, 6.07) is 3.30. The lowest BCUT2D eigenvalue weighted by molar-refractivity contribution is 0.0921. The Kier molecular flexibility index (Phi) is 4.17. The second-order valence-corrected chi connectivity index (χ2v) is 4.83. The van der Waals surface area contributed by atoms with E-state index in [1.165, 1.54) is 6.07 Å². The summed E-state index contributed by atoms with van der Waals surface area (Å²) < 4.78 is 26.9. The summed E-state index contributed by atoms with van der Waals surface area (Å²) in [4.78, 5) is 11.9. The maximum Gasteiger partial charge on any atom is 0.257 e. The number of hydrogen-bond donors (Lipinski definition) is 1. The van der Waals surface area contributed by atoms with E-state index in [9.17, 15) is 13.6 Å². The summed E-state index contributed by atoms with van der Waals surface area (Å²) in [7, 11) is 0. The van der Waals surface area contributed by atoms with Crippen LogP contribution < -0.4 is 5.32 Å². The molecule has 0 radical (unpaired) electrons. The fourth-order valence-corrected chi connectivity index (χ4v) is 2.74. The molecule has 0 aliphatic heterocycles. The first-order valence-electron chi connectivity index (χ1n) is 5.94. The van der Waals surface area contributed by atoms with Crippen LogP contribution in [-0.4, -0.2) is 17.8 Å². The highest BCUT2D eigenvalue weighted by Gasteiger charge is 2.29. The molecule has 18 heavy (non-hydrogen) atoms. The van der Waals surface area contributed by atoms with Gasteiger partial charge in [-0.25, -0.2) is 8.78 Å². The highest BCUT2D eigenvalue weighted by molar-refractivity contribution is 6.18. The largest absolute Gasteiger partial charge is 0.349 e. The van der Waals surface area contributed by atoms with E-state index in [1.54, 1.807) is 0 Å². The van der Waals surface area contributed by atoms with Gasteiger partial charge in [0.2, 0.25) is 0 Å². The predicted molar refractivity (Wildman–Crippen MR) is 65.7 cm³/mol. The molecule has 2 nitrogen and oxygen atoms in total. The lowest BCUT2D eigenvalue weighted by atomic mass is 10.1. The second kappa shape index (κ2) is 5.65. The first kappa shape index (κ1) is 13.3. The summed E-state index contributed by atoms with van der Waals surface area (Å²) in [6.45, 7) is 0. The standard InChI is InChI=1S/C13H14ClF2NO/c14-7-8-3-1-6-11(8)17-13(18)12-9(15)4-2-5-10(12)16/h2,4-5,8,11H,1,3,6-7H2,(H,17,18). The van der Waals surface area contributed by atoms with Crippen LogP contribution in [0.15, 0.2) is 18.2 Å². The van der Waals surface area contributed by atoms with Crippen molar-refractivity contribution in [2.75, 3.05) is 5.88 Å². The highest BCUT2D eigenvalue weighted by Crippen LogP contribution is 2.27. The number of benzene rings is 1. The van der Waals surface area contributed by atoms with E-state index >= 15 is 0 Å². The Bertz CT molecular complexity index is 432. The number of carbonyl (C=O) groups excluding carboxylic acids is 1. The molecule has 1 N–H and O–H groups in total. The SMILES string of the molecule is O=C(NC1CCCC1CCl)c1c(F)cccc1F. The molecule has 0 saturated heterocycles. The van der Waals surface area contributed by atoms with Crippen molar-refractivity contribution < 1.29 is 13.6 Å². The van der Waals surface area contributed by atoms with Gasteiger partial charge in [0, 0.05) is 11.9 Å². The van der Waals surface area contributed by atoms with Gasteiger partial charge in [0.25, 0.3) is 5.91 Å². The third kappa shape index (κ3) is 2.64. The van der Waals surface area contributed by atoms with Crippen LogP contribution in [-0.2, 0) is 0 Å². The molecule has 1 aliphatic rings. The topological polar surface area (TPSA) is 29.1 Å². The Hall–Kier alpha value is -1.16. The maximum absolute atomic E-state index is 13.4. The normalized spacial score (nSPS) is 23.1. The summed E-state index contributed by atoms with van der Waals surface area (Å²) >= 11 is 5.80. The first-order chi connectivity index (χ1) is 8.63.